The molecule has 0 heterocycles. The van der Waals surface area contributed by atoms with Crippen molar-refractivity contribution >= 4 is 11.9 Å². The van der Waals surface area contributed by atoms with E-state index in [4.69, 9.17) is 0 Å². The summed E-state index contributed by atoms with van der Waals surface area (Å²) in [5.74, 6) is -0.902. The Bertz CT molecular complexity index is 328. The van der Waals surface area contributed by atoms with E-state index in [1.807, 2.05) is 6.92 Å². The highest BCUT2D eigenvalue weighted by molar-refractivity contribution is 5.90. The van der Waals surface area contributed by atoms with Crippen molar-refractivity contribution in [2.75, 3.05) is 0 Å². The normalized spacial score (nSPS) is 25.0. The number of aliphatic carboxylic acids is 1. The van der Waals surface area contributed by atoms with Crippen LogP contribution in [0.3, 0.4) is 0 Å². The third-order valence-corrected chi connectivity index (χ3v) is 4.69. The van der Waals surface area contributed by atoms with Crippen molar-refractivity contribution in [1.29, 1.82) is 0 Å². The first-order valence-corrected chi connectivity index (χ1v) is 6.61. The molecular weight excluding hydrogens is 218 g/mol. The second kappa shape index (κ2) is 4.31. The van der Waals surface area contributed by atoms with Crippen LogP contribution >= 0.6 is 0 Å². The third kappa shape index (κ3) is 1.94. The largest absolute Gasteiger partial charge is 0.480 e. The van der Waals surface area contributed by atoms with Gasteiger partial charge in [-0.25, -0.2) is 4.79 Å². The van der Waals surface area contributed by atoms with Gasteiger partial charge in [0, 0.05) is 5.41 Å². The number of carbonyl (C=O) groups excluding carboxylic acids is 1. The minimum Gasteiger partial charge on any atom is -0.480 e. The van der Waals surface area contributed by atoms with Crippen molar-refractivity contribution in [1.82, 2.24) is 5.32 Å². The third-order valence-electron chi connectivity index (χ3n) is 4.69. The molecule has 0 aliphatic heterocycles. The quantitative estimate of drug-likeness (QED) is 0.789. The van der Waals surface area contributed by atoms with E-state index in [-0.39, 0.29) is 11.3 Å². The lowest BCUT2D eigenvalue weighted by Crippen LogP contribution is -2.61. The summed E-state index contributed by atoms with van der Waals surface area (Å²) < 4.78 is 0. The first-order chi connectivity index (χ1) is 8.05. The first kappa shape index (κ1) is 12.4. The Hall–Kier alpha value is -1.06. The average Bonchev–Trinajstić information content (AvgIpc) is 2.72. The molecule has 1 amide bonds. The van der Waals surface area contributed by atoms with Crippen LogP contribution in [0, 0.1) is 5.41 Å². The van der Waals surface area contributed by atoms with Crippen molar-refractivity contribution in [3.8, 4) is 0 Å². The minimum atomic E-state index is -0.957. The van der Waals surface area contributed by atoms with Gasteiger partial charge in [0.15, 0.2) is 0 Å². The van der Waals surface area contributed by atoms with E-state index in [9.17, 15) is 14.7 Å². The van der Waals surface area contributed by atoms with Gasteiger partial charge in [-0.3, -0.25) is 4.79 Å². The number of hydrogen-bond donors (Lipinski definition) is 2. The summed E-state index contributed by atoms with van der Waals surface area (Å²) >= 11 is 0. The Labute approximate surface area is 102 Å². The van der Waals surface area contributed by atoms with Gasteiger partial charge in [0.1, 0.15) is 5.54 Å². The zero-order valence-corrected chi connectivity index (χ0v) is 10.4. The molecule has 2 aliphatic carbocycles. The van der Waals surface area contributed by atoms with Gasteiger partial charge in [0.05, 0.1) is 0 Å². The maximum Gasteiger partial charge on any atom is 0.329 e. The average molecular weight is 239 g/mol. The lowest BCUT2D eigenvalue weighted by molar-refractivity contribution is -0.154. The molecule has 0 aromatic heterocycles. The second-order valence-electron chi connectivity index (χ2n) is 5.54. The minimum absolute atomic E-state index is 0.0281. The molecule has 96 valence electrons. The molecule has 2 N–H and O–H groups in total. The van der Waals surface area contributed by atoms with Crippen molar-refractivity contribution in [3.05, 3.63) is 0 Å². The molecule has 0 radical (unpaired) electrons. The Morgan fingerprint density at radius 3 is 2.06 bits per heavy atom. The van der Waals surface area contributed by atoms with Crippen LogP contribution in [0.2, 0.25) is 0 Å². The maximum absolute atomic E-state index is 12.3. The highest BCUT2D eigenvalue weighted by atomic mass is 16.4. The monoisotopic (exact) mass is 239 g/mol. The van der Waals surface area contributed by atoms with Gasteiger partial charge < -0.3 is 10.4 Å². The van der Waals surface area contributed by atoms with E-state index in [0.29, 0.717) is 12.8 Å². The first-order valence-electron chi connectivity index (χ1n) is 6.61. The van der Waals surface area contributed by atoms with Crippen LogP contribution in [-0.4, -0.2) is 22.5 Å². The summed E-state index contributed by atoms with van der Waals surface area (Å²) in [7, 11) is 0. The van der Waals surface area contributed by atoms with Gasteiger partial charge in [-0.2, -0.15) is 0 Å². The van der Waals surface area contributed by atoms with E-state index in [2.05, 4.69) is 5.32 Å². The number of carbonyl (C=O) groups is 2. The fourth-order valence-electron chi connectivity index (χ4n) is 3.07. The number of amides is 1. The number of carboxylic acid groups (broad SMARTS) is 1. The molecule has 4 nitrogen and oxygen atoms in total. The Morgan fingerprint density at radius 2 is 1.71 bits per heavy atom. The fraction of sp³-hybridized carbons (Fsp3) is 0.846. The van der Waals surface area contributed by atoms with Gasteiger partial charge in [0.25, 0.3) is 0 Å². The van der Waals surface area contributed by atoms with Crippen molar-refractivity contribution < 1.29 is 14.7 Å². The molecule has 17 heavy (non-hydrogen) atoms. The molecule has 0 atom stereocenters. The smallest absolute Gasteiger partial charge is 0.329 e. The van der Waals surface area contributed by atoms with Crippen LogP contribution < -0.4 is 5.32 Å². The van der Waals surface area contributed by atoms with Crippen LogP contribution in [0.1, 0.15) is 58.3 Å². The molecule has 0 aromatic carbocycles. The molecule has 2 fully saturated rings. The summed E-state index contributed by atoms with van der Waals surface area (Å²) in [5, 5.41) is 12.0. The molecule has 4 heteroatoms. The predicted octanol–water partition coefficient (Wildman–Crippen LogP) is 2.08. The number of hydrogen-bond acceptors (Lipinski definition) is 2. The Kier molecular flexibility index (Phi) is 3.15. The summed E-state index contributed by atoms with van der Waals surface area (Å²) in [6.07, 6.45) is 6.85. The summed E-state index contributed by atoms with van der Waals surface area (Å²) in [4.78, 5) is 23.6. The van der Waals surface area contributed by atoms with Gasteiger partial charge in [-0.15, -0.1) is 0 Å². The van der Waals surface area contributed by atoms with Crippen molar-refractivity contribution in [2.24, 2.45) is 5.41 Å². The van der Waals surface area contributed by atoms with Crippen LogP contribution in [0.15, 0.2) is 0 Å². The van der Waals surface area contributed by atoms with Gasteiger partial charge in [-0.1, -0.05) is 19.8 Å². The zero-order chi connectivity index (χ0) is 12.5. The topological polar surface area (TPSA) is 66.4 Å². The van der Waals surface area contributed by atoms with Crippen molar-refractivity contribution in [3.63, 3.8) is 0 Å². The molecular formula is C13H21NO3. The zero-order valence-electron chi connectivity index (χ0n) is 10.4. The molecule has 0 saturated heterocycles. The van der Waals surface area contributed by atoms with E-state index in [1.54, 1.807) is 0 Å². The molecule has 0 aromatic rings. The number of carboxylic acids is 1. The van der Waals surface area contributed by atoms with Crippen LogP contribution in [0.25, 0.3) is 0 Å². The molecule has 0 unspecified atom stereocenters. The van der Waals surface area contributed by atoms with Crippen LogP contribution in [0.4, 0.5) is 0 Å². The molecule has 2 aliphatic rings. The summed E-state index contributed by atoms with van der Waals surface area (Å²) in [5.41, 5.74) is -1.25. The standard InChI is InChI=1S/C13H21NO3/c1-2-12(6-3-4-7-12)10(15)14-13(11(16)17)8-5-9-13/h2-9H2,1H3,(H,14,15)(H,16,17). The van der Waals surface area contributed by atoms with E-state index in [0.717, 1.165) is 38.5 Å². The van der Waals surface area contributed by atoms with E-state index in [1.165, 1.54) is 0 Å². The molecule has 0 spiro atoms. The summed E-state index contributed by atoms with van der Waals surface area (Å²) in [6.45, 7) is 2.03. The second-order valence-corrected chi connectivity index (χ2v) is 5.54. The van der Waals surface area contributed by atoms with Crippen molar-refractivity contribution in [2.45, 2.75) is 63.8 Å². The summed E-state index contributed by atoms with van der Waals surface area (Å²) in [6, 6.07) is 0. The number of nitrogens with one attached hydrogen (secondary N) is 1. The fourth-order valence-corrected chi connectivity index (χ4v) is 3.07. The predicted molar refractivity (Wildman–Crippen MR) is 63.6 cm³/mol. The molecule has 0 bridgehead atoms. The Morgan fingerprint density at radius 1 is 1.12 bits per heavy atom. The van der Waals surface area contributed by atoms with Gasteiger partial charge >= 0.3 is 5.97 Å². The SMILES string of the molecule is CCC1(C(=O)NC2(C(=O)O)CCC2)CCCC1. The molecule has 2 saturated carbocycles. The lowest BCUT2D eigenvalue weighted by atomic mass is 9.74. The van der Waals surface area contributed by atoms with Gasteiger partial charge in [0.2, 0.25) is 5.91 Å². The Balaban J connectivity index is 2.07. The maximum atomic E-state index is 12.3. The van der Waals surface area contributed by atoms with Crippen LogP contribution in [0.5, 0.6) is 0 Å². The highest BCUT2D eigenvalue weighted by Gasteiger charge is 2.49. The lowest BCUT2D eigenvalue weighted by Gasteiger charge is -2.41. The van der Waals surface area contributed by atoms with Gasteiger partial charge in [-0.05, 0) is 38.5 Å². The van der Waals surface area contributed by atoms with E-state index >= 15 is 0 Å². The van der Waals surface area contributed by atoms with E-state index < -0.39 is 11.5 Å². The van der Waals surface area contributed by atoms with Crippen LogP contribution in [-0.2, 0) is 9.59 Å². The highest BCUT2D eigenvalue weighted by Crippen LogP contribution is 2.42. The number of rotatable bonds is 4. The molecule has 2 rings (SSSR count).